The van der Waals surface area contributed by atoms with Crippen LogP contribution in [0.15, 0.2) is 48.5 Å². The van der Waals surface area contributed by atoms with Crippen molar-refractivity contribution in [3.63, 3.8) is 0 Å². The summed E-state index contributed by atoms with van der Waals surface area (Å²) in [5.41, 5.74) is 12.8. The Bertz CT molecular complexity index is 1490. The summed E-state index contributed by atoms with van der Waals surface area (Å²) in [5, 5.41) is 27.7. The summed E-state index contributed by atoms with van der Waals surface area (Å²) in [6.45, 7) is -0.369. The van der Waals surface area contributed by atoms with Crippen molar-refractivity contribution in [2.24, 2.45) is 11.5 Å². The number of phenols is 1. The van der Waals surface area contributed by atoms with Crippen molar-refractivity contribution in [3.8, 4) is 5.75 Å². The topological polar surface area (TPSA) is 257 Å². The molecule has 47 heavy (non-hydrogen) atoms. The Morgan fingerprint density at radius 1 is 1.00 bits per heavy atom. The molecule has 0 radical (unpaired) electrons. The lowest BCUT2D eigenvalue weighted by molar-refractivity contribution is -0.384. The second-order valence-corrected chi connectivity index (χ2v) is 12.7. The lowest BCUT2D eigenvalue weighted by Gasteiger charge is -2.29. The number of rotatable bonds is 15. The van der Waals surface area contributed by atoms with Crippen LogP contribution in [0.4, 0.5) is 5.69 Å². The predicted molar refractivity (Wildman–Crippen MR) is 171 cm³/mol. The van der Waals surface area contributed by atoms with E-state index in [9.17, 15) is 43.4 Å². The van der Waals surface area contributed by atoms with E-state index >= 15 is 0 Å². The van der Waals surface area contributed by atoms with E-state index in [0.717, 1.165) is 0 Å². The number of phenolic OH excluding ortho intramolecular Hbond substituents is 1. The molecule has 0 aromatic heterocycles. The van der Waals surface area contributed by atoms with E-state index in [-0.39, 0.29) is 49.4 Å². The largest absolute Gasteiger partial charge is 0.508 e. The molecule has 5 amide bonds. The highest BCUT2D eigenvalue weighted by Crippen LogP contribution is 2.21. The Morgan fingerprint density at radius 2 is 1.62 bits per heavy atom. The minimum Gasteiger partial charge on any atom is -0.508 e. The van der Waals surface area contributed by atoms with Crippen molar-refractivity contribution in [2.75, 3.05) is 25.1 Å². The molecule has 1 heterocycles. The molecule has 0 spiro atoms. The Morgan fingerprint density at radius 3 is 2.23 bits per heavy atom. The van der Waals surface area contributed by atoms with Crippen molar-refractivity contribution in [1.82, 2.24) is 20.9 Å². The third kappa shape index (κ3) is 11.2. The molecular weight excluding hydrogens is 634 g/mol. The number of non-ortho nitro benzene ring substituents is 1. The summed E-state index contributed by atoms with van der Waals surface area (Å²) in [5.74, 6) is -3.28. The second-order valence-electron chi connectivity index (χ2n) is 11.2. The smallest absolute Gasteiger partial charge is 0.269 e. The van der Waals surface area contributed by atoms with E-state index in [1.165, 1.54) is 47.6 Å². The molecule has 8 N–H and O–H groups in total. The first-order valence-electron chi connectivity index (χ1n) is 14.8. The van der Waals surface area contributed by atoms with Gasteiger partial charge in [0.25, 0.3) is 5.69 Å². The van der Waals surface area contributed by atoms with Crippen LogP contribution in [0.3, 0.4) is 0 Å². The van der Waals surface area contributed by atoms with Gasteiger partial charge in [-0.25, -0.2) is 0 Å². The molecule has 2 aromatic rings. The van der Waals surface area contributed by atoms with Crippen molar-refractivity contribution >= 4 is 46.0 Å². The molecule has 0 aliphatic carbocycles. The van der Waals surface area contributed by atoms with E-state index in [2.05, 4.69) is 16.0 Å². The first-order chi connectivity index (χ1) is 22.2. The van der Waals surface area contributed by atoms with Crippen LogP contribution in [-0.2, 0) is 47.6 Å². The maximum absolute atomic E-state index is 13.8. The van der Waals surface area contributed by atoms with Gasteiger partial charge in [-0.1, -0.05) is 24.3 Å². The Kier molecular flexibility index (Phi) is 13.5. The van der Waals surface area contributed by atoms with Gasteiger partial charge in [-0.2, -0.15) is 0 Å². The van der Waals surface area contributed by atoms with E-state index in [4.69, 9.17) is 11.5 Å². The predicted octanol–water partition coefficient (Wildman–Crippen LogP) is -1.26. The highest BCUT2D eigenvalue weighted by atomic mass is 32.2. The van der Waals surface area contributed by atoms with Crippen LogP contribution in [0, 0.1) is 10.1 Å². The van der Waals surface area contributed by atoms with E-state index in [0.29, 0.717) is 17.5 Å². The van der Waals surface area contributed by atoms with Crippen LogP contribution < -0.4 is 27.4 Å². The number of hydrogen-bond acceptors (Lipinski definition) is 11. The first-order valence-corrected chi connectivity index (χ1v) is 16.5. The van der Waals surface area contributed by atoms with Crippen molar-refractivity contribution in [1.29, 1.82) is 0 Å². The van der Waals surface area contributed by atoms with Crippen molar-refractivity contribution in [3.05, 3.63) is 69.8 Å². The number of carbonyl (C=O) groups is 5. The van der Waals surface area contributed by atoms with Crippen molar-refractivity contribution < 1.29 is 38.2 Å². The van der Waals surface area contributed by atoms with Crippen molar-refractivity contribution in [2.45, 2.75) is 56.3 Å². The van der Waals surface area contributed by atoms with Gasteiger partial charge < -0.3 is 32.1 Å². The summed E-state index contributed by atoms with van der Waals surface area (Å²) in [6, 6.07) is 7.14. The Balaban J connectivity index is 1.69. The molecule has 3 rings (SSSR count). The fourth-order valence-corrected chi connectivity index (χ4v) is 5.52. The number of nitrogens with one attached hydrogen (secondary N) is 3. The monoisotopic (exact) mass is 673 g/mol. The highest BCUT2D eigenvalue weighted by Gasteiger charge is 2.38. The fourth-order valence-electron chi connectivity index (χ4n) is 4.94. The van der Waals surface area contributed by atoms with Gasteiger partial charge in [-0.15, -0.1) is 0 Å². The zero-order valence-electron chi connectivity index (χ0n) is 25.8. The number of aromatic hydroxyl groups is 1. The molecule has 1 aliphatic rings. The number of nitrogens with two attached hydrogens (primary N) is 2. The molecule has 0 bridgehead atoms. The summed E-state index contributed by atoms with van der Waals surface area (Å²) in [6.07, 6.45) is 2.28. The minimum absolute atomic E-state index is 0.0574. The van der Waals surface area contributed by atoms with Gasteiger partial charge in [0.1, 0.15) is 17.8 Å². The number of carbonyl (C=O) groups excluding carboxylic acids is 5. The SMILES string of the molecule is CS(=O)CCC(N)C(=O)NC(=O)[C@@H]1CCCN1C(=O)[C@H](Cc1ccc([N+](=O)[O-])cc1)NC(=O)CNC(=O)[C@@H](N)Cc1ccc(O)cc1. The van der Waals surface area contributed by atoms with Gasteiger partial charge in [0, 0.05) is 47.9 Å². The van der Waals surface area contributed by atoms with Gasteiger partial charge in [-0.3, -0.25) is 43.6 Å². The maximum Gasteiger partial charge on any atom is 0.269 e. The van der Waals surface area contributed by atoms with Gasteiger partial charge in [0.2, 0.25) is 29.5 Å². The fraction of sp³-hybridized carbons (Fsp3) is 0.433. The number of nitro benzene ring substituents is 1. The summed E-state index contributed by atoms with van der Waals surface area (Å²) in [4.78, 5) is 76.6. The third-order valence-electron chi connectivity index (χ3n) is 7.51. The molecule has 1 saturated heterocycles. The lowest BCUT2D eigenvalue weighted by Crippen LogP contribution is -2.57. The average Bonchev–Trinajstić information content (AvgIpc) is 3.53. The average molecular weight is 674 g/mol. The normalized spacial score (nSPS) is 16.7. The Hall–Kier alpha value is -4.74. The van der Waals surface area contributed by atoms with Gasteiger partial charge >= 0.3 is 0 Å². The molecule has 16 nitrogen and oxygen atoms in total. The van der Waals surface area contributed by atoms with Crippen LogP contribution in [-0.4, -0.2) is 97.9 Å². The zero-order valence-corrected chi connectivity index (χ0v) is 26.6. The number of benzene rings is 2. The summed E-state index contributed by atoms with van der Waals surface area (Å²) < 4.78 is 11.3. The first kappa shape index (κ1) is 36.7. The number of hydrogen-bond donors (Lipinski definition) is 6. The molecule has 5 atom stereocenters. The molecule has 0 saturated carbocycles. The molecule has 2 aromatic carbocycles. The number of nitrogens with zero attached hydrogens (tertiary/aromatic N) is 2. The Labute approximate surface area is 273 Å². The van der Waals surface area contributed by atoms with Crippen LogP contribution in [0.1, 0.15) is 30.4 Å². The molecular formula is C30H39N7O9S. The van der Waals surface area contributed by atoms with Gasteiger partial charge in [-0.05, 0) is 48.9 Å². The molecule has 1 aliphatic heterocycles. The number of imide groups is 1. The number of likely N-dealkylation sites (tertiary alicyclic amines) is 1. The molecule has 17 heteroatoms. The summed E-state index contributed by atoms with van der Waals surface area (Å²) in [7, 11) is -1.18. The number of amides is 5. The van der Waals surface area contributed by atoms with Crippen LogP contribution in [0.2, 0.25) is 0 Å². The van der Waals surface area contributed by atoms with E-state index in [1.54, 1.807) is 12.1 Å². The van der Waals surface area contributed by atoms with E-state index < -0.39 is 76.0 Å². The standard InChI is InChI=1S/C30H39N7O9S/c1-47(46)14-12-22(31)28(41)35-29(42)25-3-2-13-36(25)30(43)24(16-19-4-8-20(9-5-19)37(44)45)34-26(39)17-33-27(40)23(32)15-18-6-10-21(38)11-7-18/h4-11,22-25,38H,2-3,12-17,31-32H2,1H3,(H,33,40)(H,34,39)(H,35,41,42)/t22?,23-,24-,25-,47?/m0/s1. The zero-order chi connectivity index (χ0) is 34.7. The maximum atomic E-state index is 13.8. The number of nitro groups is 1. The third-order valence-corrected chi connectivity index (χ3v) is 8.32. The molecule has 1 fully saturated rings. The van der Waals surface area contributed by atoms with Gasteiger partial charge in [0.05, 0.1) is 23.6 Å². The quantitative estimate of drug-likeness (QED) is 0.0961. The second kappa shape index (κ2) is 17.3. The lowest BCUT2D eigenvalue weighted by atomic mass is 10.0. The minimum atomic E-state index is -1.24. The van der Waals surface area contributed by atoms with Crippen LogP contribution >= 0.6 is 0 Å². The summed E-state index contributed by atoms with van der Waals surface area (Å²) >= 11 is 0. The van der Waals surface area contributed by atoms with E-state index in [1.807, 2.05) is 0 Å². The molecule has 254 valence electrons. The van der Waals surface area contributed by atoms with Crippen LogP contribution in [0.25, 0.3) is 0 Å². The highest BCUT2D eigenvalue weighted by molar-refractivity contribution is 7.84. The van der Waals surface area contributed by atoms with Crippen LogP contribution in [0.5, 0.6) is 5.75 Å². The molecule has 2 unspecified atom stereocenters. The van der Waals surface area contributed by atoms with Gasteiger partial charge in [0.15, 0.2) is 0 Å².